The zero-order valence-electron chi connectivity index (χ0n) is 16.8. The van der Waals surface area contributed by atoms with Gasteiger partial charge in [-0.2, -0.15) is 10.5 Å². The Morgan fingerprint density at radius 2 is 1.73 bits per heavy atom. The van der Waals surface area contributed by atoms with Crippen LogP contribution in [0.25, 0.3) is 0 Å². The first-order chi connectivity index (χ1) is 14.4. The Balaban J connectivity index is 2.15. The number of nitrogens with zero attached hydrogens (tertiary/aromatic N) is 3. The number of nitriles is 2. The highest BCUT2D eigenvalue weighted by molar-refractivity contribution is 6.17. The summed E-state index contributed by atoms with van der Waals surface area (Å²) < 4.78 is 5.02. The fourth-order valence-electron chi connectivity index (χ4n) is 4.98. The van der Waals surface area contributed by atoms with Crippen molar-refractivity contribution in [1.82, 2.24) is 0 Å². The molecule has 2 aliphatic rings. The molecule has 1 aliphatic carbocycles. The van der Waals surface area contributed by atoms with E-state index in [1.807, 2.05) is 31.2 Å². The number of benzene rings is 2. The lowest BCUT2D eigenvalue weighted by molar-refractivity contribution is -0.139. The zero-order chi connectivity index (χ0) is 21.7. The number of anilines is 1. The summed E-state index contributed by atoms with van der Waals surface area (Å²) >= 11 is 0. The van der Waals surface area contributed by atoms with Gasteiger partial charge in [0.1, 0.15) is 5.41 Å². The standard InChI is InChI=1S/C24H19N3O3/c1-15-8-4-5-9-16(15)18-12-19(21(28)30-3)24(23(18,13-25)14-26)17-10-6-7-11-20(17)27(2)22(24)29/h4-12,18H,1-3H3/t18-,24-/m0/s1. The van der Waals surface area contributed by atoms with Crippen LogP contribution in [0.2, 0.25) is 0 Å². The fourth-order valence-corrected chi connectivity index (χ4v) is 4.98. The number of amides is 1. The van der Waals surface area contributed by atoms with Gasteiger partial charge in [-0.1, -0.05) is 48.5 Å². The number of para-hydroxylation sites is 1. The third-order valence-corrected chi connectivity index (χ3v) is 6.37. The second kappa shape index (κ2) is 6.57. The summed E-state index contributed by atoms with van der Waals surface area (Å²) in [7, 11) is 2.82. The molecule has 0 N–H and O–H groups in total. The summed E-state index contributed by atoms with van der Waals surface area (Å²) in [6, 6.07) is 18.7. The summed E-state index contributed by atoms with van der Waals surface area (Å²) in [5.74, 6) is -2.00. The van der Waals surface area contributed by atoms with Crippen LogP contribution in [0, 0.1) is 35.0 Å². The van der Waals surface area contributed by atoms with Gasteiger partial charge in [-0.15, -0.1) is 0 Å². The second-order valence-electron chi connectivity index (χ2n) is 7.57. The summed E-state index contributed by atoms with van der Waals surface area (Å²) in [5.41, 5.74) is -0.988. The average Bonchev–Trinajstić information content (AvgIpc) is 3.20. The monoisotopic (exact) mass is 397 g/mol. The quantitative estimate of drug-likeness (QED) is 0.726. The van der Waals surface area contributed by atoms with Crippen molar-refractivity contribution in [2.75, 3.05) is 19.1 Å². The number of carbonyl (C=O) groups excluding carboxylic acids is 2. The van der Waals surface area contributed by atoms with Gasteiger partial charge in [0.05, 0.1) is 24.8 Å². The van der Waals surface area contributed by atoms with Crippen LogP contribution < -0.4 is 4.90 Å². The number of esters is 1. The minimum Gasteiger partial charge on any atom is -0.466 e. The van der Waals surface area contributed by atoms with Crippen molar-refractivity contribution in [2.45, 2.75) is 18.3 Å². The van der Waals surface area contributed by atoms with Crippen LogP contribution in [0.4, 0.5) is 5.69 Å². The zero-order valence-corrected chi connectivity index (χ0v) is 16.8. The number of likely N-dealkylation sites (N-methyl/N-ethyl adjacent to an activating group) is 1. The van der Waals surface area contributed by atoms with Gasteiger partial charge in [-0.25, -0.2) is 4.79 Å². The van der Waals surface area contributed by atoms with E-state index in [1.165, 1.54) is 12.0 Å². The topological polar surface area (TPSA) is 94.2 Å². The van der Waals surface area contributed by atoms with Crippen LogP contribution in [0.5, 0.6) is 0 Å². The van der Waals surface area contributed by atoms with Gasteiger partial charge in [0, 0.05) is 18.7 Å². The van der Waals surface area contributed by atoms with E-state index in [-0.39, 0.29) is 5.57 Å². The van der Waals surface area contributed by atoms with Gasteiger partial charge in [0.2, 0.25) is 5.91 Å². The molecular weight excluding hydrogens is 378 g/mol. The first-order valence-electron chi connectivity index (χ1n) is 9.47. The molecule has 0 unspecified atom stereocenters. The maximum Gasteiger partial charge on any atom is 0.334 e. The molecule has 1 heterocycles. The smallest absolute Gasteiger partial charge is 0.334 e. The Morgan fingerprint density at radius 3 is 2.37 bits per heavy atom. The number of rotatable bonds is 2. The summed E-state index contributed by atoms with van der Waals surface area (Å²) in [6.45, 7) is 1.88. The van der Waals surface area contributed by atoms with Crippen molar-refractivity contribution in [3.8, 4) is 12.1 Å². The van der Waals surface area contributed by atoms with E-state index in [0.717, 1.165) is 11.1 Å². The molecule has 30 heavy (non-hydrogen) atoms. The molecule has 1 amide bonds. The Kier molecular flexibility index (Phi) is 4.25. The summed E-state index contributed by atoms with van der Waals surface area (Å²) in [4.78, 5) is 28.1. The van der Waals surface area contributed by atoms with E-state index in [0.29, 0.717) is 11.3 Å². The largest absolute Gasteiger partial charge is 0.466 e. The molecule has 0 saturated heterocycles. The third-order valence-electron chi connectivity index (χ3n) is 6.37. The van der Waals surface area contributed by atoms with Crippen molar-refractivity contribution in [2.24, 2.45) is 5.41 Å². The molecule has 2 atom stereocenters. The van der Waals surface area contributed by atoms with Crippen molar-refractivity contribution >= 4 is 17.6 Å². The number of ether oxygens (including phenoxy) is 1. The normalized spacial score (nSPS) is 23.5. The van der Waals surface area contributed by atoms with E-state index in [9.17, 15) is 20.1 Å². The lowest BCUT2D eigenvalue weighted by Gasteiger charge is -2.37. The maximum absolute atomic E-state index is 13.8. The van der Waals surface area contributed by atoms with E-state index in [4.69, 9.17) is 4.74 Å². The van der Waals surface area contributed by atoms with Gasteiger partial charge >= 0.3 is 5.97 Å². The Bertz CT molecular complexity index is 1190. The minimum absolute atomic E-state index is 0.0307. The van der Waals surface area contributed by atoms with Crippen LogP contribution in [0.1, 0.15) is 22.6 Å². The predicted molar refractivity (Wildman–Crippen MR) is 109 cm³/mol. The molecule has 4 rings (SSSR count). The van der Waals surface area contributed by atoms with Crippen molar-refractivity contribution in [3.63, 3.8) is 0 Å². The summed E-state index contributed by atoms with van der Waals surface area (Å²) in [6.07, 6.45) is 1.58. The molecule has 0 aromatic heterocycles. The van der Waals surface area contributed by atoms with Gasteiger partial charge in [0.15, 0.2) is 5.41 Å². The van der Waals surface area contributed by atoms with E-state index >= 15 is 0 Å². The van der Waals surface area contributed by atoms with Crippen molar-refractivity contribution < 1.29 is 14.3 Å². The number of aryl methyl sites for hydroxylation is 1. The lowest BCUT2D eigenvalue weighted by atomic mass is 9.57. The first-order valence-corrected chi connectivity index (χ1v) is 9.47. The lowest BCUT2D eigenvalue weighted by Crippen LogP contribution is -2.52. The van der Waals surface area contributed by atoms with E-state index in [2.05, 4.69) is 12.1 Å². The number of hydrogen-bond donors (Lipinski definition) is 0. The molecule has 2 aromatic carbocycles. The predicted octanol–water partition coefficient (Wildman–Crippen LogP) is 3.14. The average molecular weight is 397 g/mol. The van der Waals surface area contributed by atoms with Crippen LogP contribution in [0.3, 0.4) is 0 Å². The van der Waals surface area contributed by atoms with E-state index in [1.54, 1.807) is 37.4 Å². The maximum atomic E-state index is 13.8. The number of carbonyl (C=O) groups is 2. The van der Waals surface area contributed by atoms with E-state index < -0.39 is 28.6 Å². The molecule has 2 aromatic rings. The highest BCUT2D eigenvalue weighted by atomic mass is 16.5. The van der Waals surface area contributed by atoms with Gasteiger partial charge in [-0.05, 0) is 29.7 Å². The molecular formula is C24H19N3O3. The SMILES string of the molecule is COC(=O)C1=C[C@@H](c2ccccc2C)C(C#N)(C#N)[C@]12C(=O)N(C)c1ccccc12. The second-order valence-corrected chi connectivity index (χ2v) is 7.57. The molecule has 0 radical (unpaired) electrons. The highest BCUT2D eigenvalue weighted by Gasteiger charge is 2.73. The Labute approximate surface area is 174 Å². The van der Waals surface area contributed by atoms with Gasteiger partial charge in [0.25, 0.3) is 0 Å². The molecule has 6 nitrogen and oxygen atoms in total. The van der Waals surface area contributed by atoms with Crippen molar-refractivity contribution in [3.05, 3.63) is 76.9 Å². The van der Waals surface area contributed by atoms with Crippen molar-refractivity contribution in [1.29, 1.82) is 10.5 Å². The molecule has 1 spiro atoms. The van der Waals surface area contributed by atoms with Crippen LogP contribution in [-0.2, 0) is 19.7 Å². The molecule has 148 valence electrons. The van der Waals surface area contributed by atoms with Crippen LogP contribution in [0.15, 0.2) is 60.2 Å². The minimum atomic E-state index is -1.86. The molecule has 0 bridgehead atoms. The third kappa shape index (κ3) is 2.06. The molecule has 0 fully saturated rings. The fraction of sp³-hybridized carbons (Fsp3) is 0.250. The molecule has 6 heteroatoms. The number of allylic oxidation sites excluding steroid dienone is 1. The number of hydrogen-bond acceptors (Lipinski definition) is 5. The Hall–Kier alpha value is -3.90. The van der Waals surface area contributed by atoms with Gasteiger partial charge in [-0.3, -0.25) is 4.79 Å². The number of fused-ring (bicyclic) bond motifs is 2. The first kappa shape index (κ1) is 19.4. The summed E-state index contributed by atoms with van der Waals surface area (Å²) in [5, 5.41) is 20.9. The van der Waals surface area contributed by atoms with Gasteiger partial charge < -0.3 is 9.64 Å². The molecule has 0 saturated carbocycles. The highest BCUT2D eigenvalue weighted by Crippen LogP contribution is 2.65. The molecule has 1 aliphatic heterocycles. The van der Waals surface area contributed by atoms with Crippen LogP contribution in [-0.4, -0.2) is 26.0 Å². The Morgan fingerprint density at radius 1 is 1.10 bits per heavy atom. The van der Waals surface area contributed by atoms with Crippen LogP contribution >= 0.6 is 0 Å². The number of methoxy groups -OCH3 is 1.